The normalized spacial score (nSPS) is 12.1. The second kappa shape index (κ2) is 7.86. The van der Waals surface area contributed by atoms with Gasteiger partial charge in [-0.3, -0.25) is 0 Å². The van der Waals surface area contributed by atoms with Gasteiger partial charge in [-0.05, 0) is 20.0 Å². The summed E-state index contributed by atoms with van der Waals surface area (Å²) in [4.78, 5) is 0. The first kappa shape index (κ1) is 15.6. The molecule has 1 aromatic rings. The molecule has 0 aliphatic carbocycles. The Morgan fingerprint density at radius 3 is 2.05 bits per heavy atom. The Morgan fingerprint density at radius 1 is 1.00 bits per heavy atom. The molecule has 19 heavy (non-hydrogen) atoms. The van der Waals surface area contributed by atoms with Gasteiger partial charge in [0.2, 0.25) is 0 Å². The third-order valence-corrected chi connectivity index (χ3v) is 2.95. The average Bonchev–Trinajstić information content (AvgIpc) is 2.47. The van der Waals surface area contributed by atoms with Gasteiger partial charge in [0.05, 0.1) is 34.0 Å². The highest BCUT2D eigenvalue weighted by Crippen LogP contribution is 2.37. The van der Waals surface area contributed by atoms with Gasteiger partial charge in [-0.2, -0.15) is 0 Å². The van der Waals surface area contributed by atoms with Crippen molar-refractivity contribution in [1.29, 1.82) is 0 Å². The summed E-state index contributed by atoms with van der Waals surface area (Å²) >= 11 is 0. The summed E-state index contributed by atoms with van der Waals surface area (Å²) in [5, 5.41) is 3.22. The van der Waals surface area contributed by atoms with Gasteiger partial charge in [0, 0.05) is 18.2 Å². The van der Waals surface area contributed by atoms with Crippen LogP contribution < -0.4 is 19.5 Å². The van der Waals surface area contributed by atoms with Crippen LogP contribution in [0.4, 0.5) is 0 Å². The molecule has 5 nitrogen and oxygen atoms in total. The summed E-state index contributed by atoms with van der Waals surface area (Å²) in [5.74, 6) is 2.07. The van der Waals surface area contributed by atoms with Crippen LogP contribution in [0.2, 0.25) is 0 Å². The molecule has 0 bridgehead atoms. The van der Waals surface area contributed by atoms with Crippen LogP contribution in [0.15, 0.2) is 12.1 Å². The predicted octanol–water partition coefficient (Wildman–Crippen LogP) is 2.01. The molecule has 108 valence electrons. The second-order valence-corrected chi connectivity index (χ2v) is 3.95. The number of methoxy groups -OCH3 is 3. The molecule has 0 heterocycles. The quantitative estimate of drug-likeness (QED) is 0.782. The third kappa shape index (κ3) is 3.75. The Bertz CT molecular complexity index is 395. The van der Waals surface area contributed by atoms with Crippen LogP contribution in [0, 0.1) is 0 Å². The topological polar surface area (TPSA) is 49.0 Å². The van der Waals surface area contributed by atoms with E-state index >= 15 is 0 Å². The number of likely N-dealkylation sites (N-methyl/N-ethyl adjacent to an activating group) is 1. The minimum Gasteiger partial charge on any atom is -0.496 e. The fourth-order valence-corrected chi connectivity index (χ4v) is 1.89. The van der Waals surface area contributed by atoms with Crippen molar-refractivity contribution >= 4 is 0 Å². The Kier molecular flexibility index (Phi) is 6.45. The molecular weight excluding hydrogens is 246 g/mol. The number of nitrogens with one attached hydrogen (secondary N) is 1. The van der Waals surface area contributed by atoms with Crippen LogP contribution in [0.25, 0.3) is 0 Å². The first-order chi connectivity index (χ1) is 9.21. The lowest BCUT2D eigenvalue weighted by Crippen LogP contribution is -2.22. The van der Waals surface area contributed by atoms with Gasteiger partial charge in [-0.15, -0.1) is 0 Å². The highest BCUT2D eigenvalue weighted by molar-refractivity contribution is 5.51. The Morgan fingerprint density at radius 2 is 1.58 bits per heavy atom. The average molecular weight is 269 g/mol. The van der Waals surface area contributed by atoms with E-state index in [1.54, 1.807) is 21.3 Å². The van der Waals surface area contributed by atoms with Crippen LogP contribution in [0.1, 0.15) is 18.5 Å². The molecule has 1 rings (SSSR count). The van der Waals surface area contributed by atoms with Crippen LogP contribution >= 0.6 is 0 Å². The molecule has 1 N–H and O–H groups in total. The van der Waals surface area contributed by atoms with Crippen molar-refractivity contribution in [2.75, 3.05) is 41.6 Å². The molecule has 0 radical (unpaired) electrons. The van der Waals surface area contributed by atoms with E-state index in [-0.39, 0.29) is 6.04 Å². The van der Waals surface area contributed by atoms with Gasteiger partial charge in [0.25, 0.3) is 0 Å². The molecule has 0 aliphatic heterocycles. The lowest BCUT2D eigenvalue weighted by molar-refractivity contribution is 0.124. The van der Waals surface area contributed by atoms with Crippen molar-refractivity contribution in [2.24, 2.45) is 0 Å². The number of benzene rings is 1. The minimum atomic E-state index is 0.0368. The molecule has 1 aromatic carbocycles. The van der Waals surface area contributed by atoms with E-state index in [2.05, 4.69) is 5.32 Å². The Hall–Kier alpha value is -1.46. The fourth-order valence-electron chi connectivity index (χ4n) is 1.89. The van der Waals surface area contributed by atoms with E-state index in [0.29, 0.717) is 24.7 Å². The third-order valence-electron chi connectivity index (χ3n) is 2.95. The van der Waals surface area contributed by atoms with Crippen molar-refractivity contribution in [3.63, 3.8) is 0 Å². The first-order valence-electron chi connectivity index (χ1n) is 6.26. The largest absolute Gasteiger partial charge is 0.496 e. The van der Waals surface area contributed by atoms with Crippen molar-refractivity contribution in [3.05, 3.63) is 17.7 Å². The maximum atomic E-state index is 5.48. The fraction of sp³-hybridized carbons (Fsp3) is 0.571. The Balaban J connectivity index is 3.15. The monoisotopic (exact) mass is 269 g/mol. The lowest BCUT2D eigenvalue weighted by atomic mass is 10.1. The highest BCUT2D eigenvalue weighted by atomic mass is 16.5. The van der Waals surface area contributed by atoms with Gasteiger partial charge in [-0.25, -0.2) is 0 Å². The second-order valence-electron chi connectivity index (χ2n) is 3.95. The van der Waals surface area contributed by atoms with E-state index in [0.717, 1.165) is 11.3 Å². The SMILES string of the molecule is CCOCC(NC)c1cc(OC)c(OC)cc1OC. The molecule has 0 fully saturated rings. The van der Waals surface area contributed by atoms with Gasteiger partial charge < -0.3 is 24.3 Å². The molecule has 0 spiro atoms. The van der Waals surface area contributed by atoms with Crippen LogP contribution in [0.5, 0.6) is 17.2 Å². The summed E-state index contributed by atoms with van der Waals surface area (Å²) < 4.78 is 21.5. The molecule has 0 aliphatic rings. The molecule has 0 saturated heterocycles. The zero-order valence-corrected chi connectivity index (χ0v) is 12.3. The van der Waals surface area contributed by atoms with Crippen molar-refractivity contribution in [3.8, 4) is 17.2 Å². The number of hydrogen-bond acceptors (Lipinski definition) is 5. The molecular formula is C14H23NO4. The number of ether oxygens (including phenoxy) is 4. The molecule has 0 aromatic heterocycles. The Labute approximate surface area is 114 Å². The van der Waals surface area contributed by atoms with Crippen LogP contribution in [-0.4, -0.2) is 41.6 Å². The van der Waals surface area contributed by atoms with Gasteiger partial charge in [0.15, 0.2) is 11.5 Å². The summed E-state index contributed by atoms with van der Waals surface area (Å²) in [6, 6.07) is 3.78. The summed E-state index contributed by atoms with van der Waals surface area (Å²) in [5.41, 5.74) is 0.983. The maximum absolute atomic E-state index is 5.48. The van der Waals surface area contributed by atoms with E-state index in [4.69, 9.17) is 18.9 Å². The first-order valence-corrected chi connectivity index (χ1v) is 6.26. The molecule has 1 atom stereocenters. The number of hydrogen-bond donors (Lipinski definition) is 1. The molecule has 5 heteroatoms. The van der Waals surface area contributed by atoms with Crippen molar-refractivity contribution in [2.45, 2.75) is 13.0 Å². The van der Waals surface area contributed by atoms with E-state index in [1.165, 1.54) is 0 Å². The van der Waals surface area contributed by atoms with Crippen molar-refractivity contribution in [1.82, 2.24) is 5.32 Å². The summed E-state index contributed by atoms with van der Waals surface area (Å²) in [6.45, 7) is 3.21. The zero-order chi connectivity index (χ0) is 14.3. The van der Waals surface area contributed by atoms with Gasteiger partial charge >= 0.3 is 0 Å². The van der Waals surface area contributed by atoms with E-state index in [1.807, 2.05) is 26.1 Å². The van der Waals surface area contributed by atoms with E-state index in [9.17, 15) is 0 Å². The van der Waals surface area contributed by atoms with E-state index < -0.39 is 0 Å². The highest BCUT2D eigenvalue weighted by Gasteiger charge is 2.18. The smallest absolute Gasteiger partial charge is 0.164 e. The summed E-state index contributed by atoms with van der Waals surface area (Å²) in [6.07, 6.45) is 0. The zero-order valence-electron chi connectivity index (χ0n) is 12.3. The minimum absolute atomic E-state index is 0.0368. The van der Waals surface area contributed by atoms with Crippen LogP contribution in [-0.2, 0) is 4.74 Å². The maximum Gasteiger partial charge on any atom is 0.164 e. The standard InChI is InChI=1S/C14H23NO4/c1-6-19-9-11(15-2)10-7-13(17-4)14(18-5)8-12(10)16-3/h7-8,11,15H,6,9H2,1-5H3. The predicted molar refractivity (Wildman–Crippen MR) is 74.4 cm³/mol. The lowest BCUT2D eigenvalue weighted by Gasteiger charge is -2.21. The molecule has 1 unspecified atom stereocenters. The molecule has 0 amide bonds. The van der Waals surface area contributed by atoms with Crippen LogP contribution in [0.3, 0.4) is 0 Å². The van der Waals surface area contributed by atoms with Crippen molar-refractivity contribution < 1.29 is 18.9 Å². The van der Waals surface area contributed by atoms with Gasteiger partial charge in [-0.1, -0.05) is 0 Å². The van der Waals surface area contributed by atoms with Gasteiger partial charge in [0.1, 0.15) is 5.75 Å². The summed E-state index contributed by atoms with van der Waals surface area (Å²) in [7, 11) is 6.75. The molecule has 0 saturated carbocycles. The number of rotatable bonds is 8.